The van der Waals surface area contributed by atoms with Crippen LogP contribution in [0.2, 0.25) is 0 Å². The number of rotatable bonds is 6. The van der Waals surface area contributed by atoms with E-state index < -0.39 is 0 Å². The van der Waals surface area contributed by atoms with Gasteiger partial charge < -0.3 is 19.5 Å². The Morgan fingerprint density at radius 2 is 2.19 bits per heavy atom. The maximum absolute atomic E-state index is 12.1. The van der Waals surface area contributed by atoms with Crippen LogP contribution >= 0.6 is 0 Å². The lowest BCUT2D eigenvalue weighted by Crippen LogP contribution is -2.41. The van der Waals surface area contributed by atoms with Crippen molar-refractivity contribution in [3.63, 3.8) is 0 Å². The first kappa shape index (κ1) is 15.6. The molecule has 2 rings (SSSR count). The van der Waals surface area contributed by atoms with Gasteiger partial charge in [0.15, 0.2) is 18.1 Å². The molecule has 1 amide bonds. The summed E-state index contributed by atoms with van der Waals surface area (Å²) in [5.74, 6) is 1.48. The Hall–Kier alpha value is -1.75. The molecule has 116 valence electrons. The quantitative estimate of drug-likeness (QED) is 0.874. The molecule has 5 nitrogen and oxygen atoms in total. The molecule has 0 saturated carbocycles. The average molecular weight is 293 g/mol. The zero-order chi connectivity index (χ0) is 15.4. The number of hydrogen-bond donors (Lipinski definition) is 1. The van der Waals surface area contributed by atoms with Gasteiger partial charge in [0, 0.05) is 6.54 Å². The van der Waals surface area contributed by atoms with Gasteiger partial charge >= 0.3 is 0 Å². The Morgan fingerprint density at radius 3 is 2.81 bits per heavy atom. The van der Waals surface area contributed by atoms with Crippen LogP contribution in [0.15, 0.2) is 12.1 Å². The predicted octanol–water partition coefficient (Wildman–Crippen LogP) is 2.35. The van der Waals surface area contributed by atoms with Crippen LogP contribution in [0.5, 0.6) is 11.5 Å². The zero-order valence-electron chi connectivity index (χ0n) is 12.9. The van der Waals surface area contributed by atoms with Gasteiger partial charge in [0.2, 0.25) is 0 Å². The van der Waals surface area contributed by atoms with Crippen LogP contribution in [-0.2, 0) is 11.4 Å². The lowest BCUT2D eigenvalue weighted by Gasteiger charge is -2.32. The van der Waals surface area contributed by atoms with Gasteiger partial charge in [-0.2, -0.15) is 0 Å². The SMILES string of the molecule is CCCOc1cc(CO)cc2c1OCC(=O)N2CC(C)C. The van der Waals surface area contributed by atoms with E-state index in [1.807, 2.05) is 6.92 Å². The minimum atomic E-state index is -0.0977. The van der Waals surface area contributed by atoms with E-state index >= 15 is 0 Å². The topological polar surface area (TPSA) is 59.0 Å². The number of carbonyl (C=O) groups is 1. The molecule has 1 N–H and O–H groups in total. The van der Waals surface area contributed by atoms with Gasteiger partial charge in [-0.15, -0.1) is 0 Å². The number of ether oxygens (including phenoxy) is 2. The summed E-state index contributed by atoms with van der Waals surface area (Å²) in [6, 6.07) is 3.57. The fourth-order valence-corrected chi connectivity index (χ4v) is 2.31. The first-order valence-electron chi connectivity index (χ1n) is 7.40. The van der Waals surface area contributed by atoms with Crippen molar-refractivity contribution in [1.29, 1.82) is 0 Å². The second-order valence-electron chi connectivity index (χ2n) is 5.64. The molecule has 0 spiro atoms. The van der Waals surface area contributed by atoms with Crippen LogP contribution < -0.4 is 14.4 Å². The summed E-state index contributed by atoms with van der Waals surface area (Å²) in [5, 5.41) is 9.42. The van der Waals surface area contributed by atoms with Crippen LogP contribution in [0, 0.1) is 5.92 Å². The minimum Gasteiger partial charge on any atom is -0.490 e. The van der Waals surface area contributed by atoms with Crippen molar-refractivity contribution in [2.24, 2.45) is 5.92 Å². The number of benzene rings is 1. The molecular formula is C16H23NO4. The number of anilines is 1. The van der Waals surface area contributed by atoms with Crippen molar-refractivity contribution in [2.75, 3.05) is 24.7 Å². The Bertz CT molecular complexity index is 513. The minimum absolute atomic E-state index is 0.0284. The first-order valence-corrected chi connectivity index (χ1v) is 7.40. The van der Waals surface area contributed by atoms with E-state index in [1.165, 1.54) is 0 Å². The third-order valence-electron chi connectivity index (χ3n) is 3.22. The first-order chi connectivity index (χ1) is 10.1. The Morgan fingerprint density at radius 1 is 1.43 bits per heavy atom. The molecule has 1 aliphatic rings. The maximum Gasteiger partial charge on any atom is 0.265 e. The standard InChI is InChI=1S/C16H23NO4/c1-4-5-20-14-7-12(9-18)6-13-16(14)21-10-15(19)17(13)8-11(2)3/h6-7,11,18H,4-5,8-10H2,1-3H3. The van der Waals surface area contributed by atoms with E-state index in [4.69, 9.17) is 9.47 Å². The number of amides is 1. The number of aliphatic hydroxyl groups excluding tert-OH is 1. The Balaban J connectivity index is 2.43. The lowest BCUT2D eigenvalue weighted by atomic mass is 10.1. The van der Waals surface area contributed by atoms with Crippen molar-refractivity contribution in [2.45, 2.75) is 33.8 Å². The van der Waals surface area contributed by atoms with E-state index in [0.717, 1.165) is 6.42 Å². The Kier molecular flexibility index (Phi) is 5.07. The van der Waals surface area contributed by atoms with Crippen LogP contribution in [0.3, 0.4) is 0 Å². The van der Waals surface area contributed by atoms with Gasteiger partial charge in [-0.3, -0.25) is 4.79 Å². The molecule has 1 aromatic carbocycles. The third-order valence-corrected chi connectivity index (χ3v) is 3.22. The zero-order valence-corrected chi connectivity index (χ0v) is 12.9. The predicted molar refractivity (Wildman–Crippen MR) is 80.8 cm³/mol. The van der Waals surface area contributed by atoms with E-state index in [2.05, 4.69) is 13.8 Å². The highest BCUT2D eigenvalue weighted by molar-refractivity contribution is 5.98. The molecule has 0 aliphatic carbocycles. The monoisotopic (exact) mass is 293 g/mol. The molecule has 0 unspecified atom stereocenters. The molecular weight excluding hydrogens is 270 g/mol. The summed E-state index contributed by atoms with van der Waals surface area (Å²) in [5.41, 5.74) is 1.41. The molecule has 0 fully saturated rings. The summed E-state index contributed by atoms with van der Waals surface area (Å²) >= 11 is 0. The number of nitrogens with zero attached hydrogens (tertiary/aromatic N) is 1. The van der Waals surface area contributed by atoms with Crippen LogP contribution in [0.25, 0.3) is 0 Å². The van der Waals surface area contributed by atoms with Crippen molar-refractivity contribution < 1.29 is 19.4 Å². The molecule has 1 heterocycles. The molecule has 0 saturated heterocycles. The largest absolute Gasteiger partial charge is 0.490 e. The summed E-state index contributed by atoms with van der Waals surface area (Å²) < 4.78 is 11.3. The summed E-state index contributed by atoms with van der Waals surface area (Å²) in [6.07, 6.45) is 0.882. The van der Waals surface area contributed by atoms with Gasteiger partial charge in [-0.05, 0) is 30.0 Å². The summed E-state index contributed by atoms with van der Waals surface area (Å²) in [7, 11) is 0. The van der Waals surface area contributed by atoms with E-state index in [0.29, 0.717) is 41.8 Å². The number of hydrogen-bond acceptors (Lipinski definition) is 4. The van der Waals surface area contributed by atoms with Crippen molar-refractivity contribution in [3.8, 4) is 11.5 Å². The van der Waals surface area contributed by atoms with E-state index in [9.17, 15) is 9.90 Å². The van der Waals surface area contributed by atoms with Crippen LogP contribution in [0.4, 0.5) is 5.69 Å². The van der Waals surface area contributed by atoms with Crippen LogP contribution in [-0.4, -0.2) is 30.8 Å². The number of carbonyl (C=O) groups excluding carboxylic acids is 1. The number of fused-ring (bicyclic) bond motifs is 1. The lowest BCUT2D eigenvalue weighted by molar-refractivity contribution is -0.121. The fourth-order valence-electron chi connectivity index (χ4n) is 2.31. The third kappa shape index (κ3) is 3.47. The fraction of sp³-hybridized carbons (Fsp3) is 0.562. The normalized spacial score (nSPS) is 14.1. The molecule has 0 bridgehead atoms. The highest BCUT2D eigenvalue weighted by Gasteiger charge is 2.29. The van der Waals surface area contributed by atoms with Gasteiger partial charge in [-0.1, -0.05) is 20.8 Å². The molecule has 1 aliphatic heterocycles. The molecule has 0 radical (unpaired) electrons. The van der Waals surface area contributed by atoms with Gasteiger partial charge in [0.05, 0.1) is 18.9 Å². The van der Waals surface area contributed by atoms with Crippen LogP contribution in [0.1, 0.15) is 32.8 Å². The average Bonchev–Trinajstić information content (AvgIpc) is 2.47. The van der Waals surface area contributed by atoms with Crippen molar-refractivity contribution in [1.82, 2.24) is 0 Å². The highest BCUT2D eigenvalue weighted by Crippen LogP contribution is 2.42. The van der Waals surface area contributed by atoms with Gasteiger partial charge in [0.1, 0.15) is 0 Å². The summed E-state index contributed by atoms with van der Waals surface area (Å²) in [6.45, 7) is 7.28. The molecule has 0 atom stereocenters. The van der Waals surface area contributed by atoms with Crippen molar-refractivity contribution in [3.05, 3.63) is 17.7 Å². The summed E-state index contributed by atoms with van der Waals surface area (Å²) in [4.78, 5) is 13.8. The maximum atomic E-state index is 12.1. The highest BCUT2D eigenvalue weighted by atomic mass is 16.5. The molecule has 21 heavy (non-hydrogen) atoms. The molecule has 1 aromatic rings. The second kappa shape index (κ2) is 6.80. The van der Waals surface area contributed by atoms with Crippen molar-refractivity contribution >= 4 is 11.6 Å². The smallest absolute Gasteiger partial charge is 0.265 e. The molecule has 0 aromatic heterocycles. The van der Waals surface area contributed by atoms with Gasteiger partial charge in [0.25, 0.3) is 5.91 Å². The van der Waals surface area contributed by atoms with Gasteiger partial charge in [-0.25, -0.2) is 0 Å². The molecule has 5 heteroatoms. The second-order valence-corrected chi connectivity index (χ2v) is 5.64. The Labute approximate surface area is 125 Å². The van der Waals surface area contributed by atoms with E-state index in [1.54, 1.807) is 17.0 Å². The number of aliphatic hydroxyl groups is 1. The van der Waals surface area contributed by atoms with E-state index in [-0.39, 0.29) is 19.1 Å².